The zero-order chi connectivity index (χ0) is 13.9. The fraction of sp³-hybridized carbons (Fsp3) is 0.600. The minimum absolute atomic E-state index is 0.135. The Morgan fingerprint density at radius 1 is 1.20 bits per heavy atom. The molecular weight excluding hydrogens is 259 g/mol. The van der Waals surface area contributed by atoms with E-state index in [1.54, 1.807) is 12.1 Å². The van der Waals surface area contributed by atoms with E-state index >= 15 is 0 Å². The summed E-state index contributed by atoms with van der Waals surface area (Å²) in [6, 6.07) is 4.76. The third-order valence-electron chi connectivity index (χ3n) is 4.11. The first-order valence-electron chi connectivity index (χ1n) is 7.25. The normalized spacial score (nSPS) is 23.6. The zero-order valence-electron chi connectivity index (χ0n) is 11.6. The molecule has 0 radical (unpaired) electrons. The van der Waals surface area contributed by atoms with Crippen LogP contribution in [0.5, 0.6) is 5.75 Å². The molecule has 0 spiro atoms. The number of hydrogen-bond donors (Lipinski definition) is 1. The van der Waals surface area contributed by atoms with E-state index in [4.69, 9.17) is 9.84 Å². The van der Waals surface area contributed by atoms with Gasteiger partial charge in [0.05, 0.1) is 6.61 Å². The summed E-state index contributed by atoms with van der Waals surface area (Å²) in [5, 5.41) is 8.93. The van der Waals surface area contributed by atoms with Crippen molar-refractivity contribution in [3.63, 3.8) is 0 Å². The van der Waals surface area contributed by atoms with Crippen LogP contribution in [0.25, 0.3) is 0 Å². The number of piperazine rings is 1. The van der Waals surface area contributed by atoms with Crippen LogP contribution in [-0.2, 0) is 6.42 Å². The van der Waals surface area contributed by atoms with Gasteiger partial charge >= 0.3 is 0 Å². The predicted molar refractivity (Wildman–Crippen MR) is 74.5 cm³/mol. The maximum atomic E-state index is 13.2. The largest absolute Gasteiger partial charge is 0.488 e. The topological polar surface area (TPSA) is 35.9 Å². The summed E-state index contributed by atoms with van der Waals surface area (Å²) in [6.07, 6.45) is 0.931. The highest BCUT2D eigenvalue weighted by atomic mass is 19.1. The number of hydrogen-bond acceptors (Lipinski definition) is 4. The van der Waals surface area contributed by atoms with Crippen LogP contribution in [-0.4, -0.2) is 66.9 Å². The molecule has 3 rings (SSSR count). The molecular formula is C15H21FN2O2. The molecule has 2 aliphatic rings. The molecule has 2 heterocycles. The van der Waals surface area contributed by atoms with E-state index in [1.807, 2.05) is 0 Å². The van der Waals surface area contributed by atoms with Crippen LogP contribution in [0.2, 0.25) is 0 Å². The van der Waals surface area contributed by atoms with Crippen LogP contribution < -0.4 is 4.74 Å². The van der Waals surface area contributed by atoms with Crippen molar-refractivity contribution in [3.8, 4) is 5.75 Å². The minimum atomic E-state index is -0.189. The van der Waals surface area contributed by atoms with Gasteiger partial charge in [-0.2, -0.15) is 0 Å². The van der Waals surface area contributed by atoms with Gasteiger partial charge in [0.15, 0.2) is 0 Å². The lowest BCUT2D eigenvalue weighted by Crippen LogP contribution is -2.49. The molecule has 1 saturated heterocycles. The number of nitrogens with zero attached hydrogens (tertiary/aromatic N) is 2. The Morgan fingerprint density at radius 2 is 1.95 bits per heavy atom. The number of benzene rings is 1. The number of fused-ring (bicyclic) bond motifs is 1. The molecule has 1 aromatic carbocycles. The maximum absolute atomic E-state index is 13.2. The molecule has 1 aromatic rings. The SMILES string of the molecule is OCCN1CCN(CC2Cc3cc(F)ccc3O2)CC1. The smallest absolute Gasteiger partial charge is 0.123 e. The molecule has 4 nitrogen and oxygen atoms in total. The van der Waals surface area contributed by atoms with Gasteiger partial charge in [0.1, 0.15) is 17.7 Å². The van der Waals surface area contributed by atoms with Gasteiger partial charge in [0.25, 0.3) is 0 Å². The highest BCUT2D eigenvalue weighted by Gasteiger charge is 2.26. The second-order valence-corrected chi connectivity index (χ2v) is 5.56. The Morgan fingerprint density at radius 3 is 2.70 bits per heavy atom. The lowest BCUT2D eigenvalue weighted by Gasteiger charge is -2.35. The van der Waals surface area contributed by atoms with Gasteiger partial charge in [-0.1, -0.05) is 0 Å². The highest BCUT2D eigenvalue weighted by molar-refractivity contribution is 5.37. The van der Waals surface area contributed by atoms with Crippen molar-refractivity contribution in [3.05, 3.63) is 29.6 Å². The first-order valence-corrected chi connectivity index (χ1v) is 7.25. The molecule has 0 bridgehead atoms. The van der Waals surface area contributed by atoms with Crippen LogP contribution in [0.1, 0.15) is 5.56 Å². The molecule has 1 N–H and O–H groups in total. The van der Waals surface area contributed by atoms with Gasteiger partial charge in [0, 0.05) is 51.3 Å². The summed E-state index contributed by atoms with van der Waals surface area (Å²) in [5.41, 5.74) is 0.980. The van der Waals surface area contributed by atoms with Gasteiger partial charge in [-0.25, -0.2) is 4.39 Å². The third kappa shape index (κ3) is 3.11. The number of rotatable bonds is 4. The van der Waals surface area contributed by atoms with E-state index in [0.29, 0.717) is 0 Å². The van der Waals surface area contributed by atoms with Crippen molar-refractivity contribution in [2.45, 2.75) is 12.5 Å². The summed E-state index contributed by atoms with van der Waals surface area (Å²) in [7, 11) is 0. The molecule has 0 amide bonds. The van der Waals surface area contributed by atoms with Gasteiger partial charge in [-0.3, -0.25) is 9.80 Å². The predicted octanol–water partition coefficient (Wildman–Crippen LogP) is 0.739. The molecule has 0 saturated carbocycles. The van der Waals surface area contributed by atoms with Crippen molar-refractivity contribution < 1.29 is 14.2 Å². The average Bonchev–Trinajstić information content (AvgIpc) is 2.82. The average molecular weight is 280 g/mol. The van der Waals surface area contributed by atoms with E-state index in [9.17, 15) is 4.39 Å². The molecule has 1 atom stereocenters. The molecule has 1 unspecified atom stereocenters. The summed E-state index contributed by atoms with van der Waals surface area (Å²) in [6.45, 7) is 5.88. The van der Waals surface area contributed by atoms with E-state index in [0.717, 1.165) is 57.0 Å². The van der Waals surface area contributed by atoms with Crippen LogP contribution in [0.15, 0.2) is 18.2 Å². The quantitative estimate of drug-likeness (QED) is 0.882. The molecule has 20 heavy (non-hydrogen) atoms. The maximum Gasteiger partial charge on any atom is 0.123 e. The summed E-state index contributed by atoms with van der Waals surface area (Å²) < 4.78 is 19.0. The minimum Gasteiger partial charge on any atom is -0.488 e. The Bertz CT molecular complexity index is 461. The van der Waals surface area contributed by atoms with E-state index in [2.05, 4.69) is 9.80 Å². The molecule has 0 aliphatic carbocycles. The highest BCUT2D eigenvalue weighted by Crippen LogP contribution is 2.29. The third-order valence-corrected chi connectivity index (χ3v) is 4.11. The van der Waals surface area contributed by atoms with Gasteiger partial charge in [-0.15, -0.1) is 0 Å². The second-order valence-electron chi connectivity index (χ2n) is 5.56. The van der Waals surface area contributed by atoms with E-state index in [-0.39, 0.29) is 18.5 Å². The molecule has 5 heteroatoms. The lowest BCUT2D eigenvalue weighted by molar-refractivity contribution is 0.0826. The summed E-state index contributed by atoms with van der Waals surface area (Å²) >= 11 is 0. The summed E-state index contributed by atoms with van der Waals surface area (Å²) in [4.78, 5) is 4.66. The molecule has 1 fully saturated rings. The van der Waals surface area contributed by atoms with Gasteiger partial charge in [0.2, 0.25) is 0 Å². The van der Waals surface area contributed by atoms with Crippen molar-refractivity contribution in [2.24, 2.45) is 0 Å². The number of aliphatic hydroxyl groups is 1. The molecule has 0 aromatic heterocycles. The monoisotopic (exact) mass is 280 g/mol. The zero-order valence-corrected chi connectivity index (χ0v) is 11.6. The Hall–Kier alpha value is -1.17. The van der Waals surface area contributed by atoms with E-state index < -0.39 is 0 Å². The second kappa shape index (κ2) is 6.08. The first-order chi connectivity index (χ1) is 9.74. The number of ether oxygens (including phenoxy) is 1. The Labute approximate surface area is 118 Å². The summed E-state index contributed by atoms with van der Waals surface area (Å²) in [5.74, 6) is 0.640. The van der Waals surface area contributed by atoms with Crippen LogP contribution >= 0.6 is 0 Å². The Balaban J connectivity index is 1.49. The van der Waals surface area contributed by atoms with Crippen molar-refractivity contribution in [1.82, 2.24) is 9.80 Å². The molecule has 2 aliphatic heterocycles. The van der Waals surface area contributed by atoms with Gasteiger partial charge < -0.3 is 9.84 Å². The van der Waals surface area contributed by atoms with E-state index in [1.165, 1.54) is 6.07 Å². The van der Waals surface area contributed by atoms with Crippen molar-refractivity contribution >= 4 is 0 Å². The standard InChI is InChI=1S/C15H21FN2O2/c16-13-1-2-15-12(9-13)10-14(20-15)11-18-5-3-17(4-6-18)7-8-19/h1-2,9,14,19H,3-8,10-11H2. The number of β-amino-alcohol motifs (C(OH)–C–C–N with tert-alkyl or cyclic N) is 1. The number of halogens is 1. The lowest BCUT2D eigenvalue weighted by atomic mass is 10.1. The van der Waals surface area contributed by atoms with Crippen LogP contribution in [0.4, 0.5) is 4.39 Å². The number of aliphatic hydroxyl groups excluding tert-OH is 1. The van der Waals surface area contributed by atoms with Crippen molar-refractivity contribution in [2.75, 3.05) is 45.9 Å². The fourth-order valence-corrected chi connectivity index (χ4v) is 3.02. The van der Waals surface area contributed by atoms with Crippen molar-refractivity contribution in [1.29, 1.82) is 0 Å². The fourth-order valence-electron chi connectivity index (χ4n) is 3.02. The van der Waals surface area contributed by atoms with Crippen LogP contribution in [0, 0.1) is 5.82 Å². The molecule has 110 valence electrons. The first kappa shape index (κ1) is 13.8. The van der Waals surface area contributed by atoms with Gasteiger partial charge in [-0.05, 0) is 18.2 Å². The van der Waals surface area contributed by atoms with Crippen LogP contribution in [0.3, 0.4) is 0 Å². The Kier molecular flexibility index (Phi) is 4.19.